The van der Waals surface area contributed by atoms with Crippen molar-refractivity contribution in [1.29, 1.82) is 0 Å². The van der Waals surface area contributed by atoms with E-state index in [0.717, 1.165) is 83.5 Å². The SMILES string of the molecule is CCCC/C=C\C/C=C\CCCCCCCC(=O)OCC(COC(=O)CCCCCCCCCCCCCCC/C=C\C/C=C\CCCCCCC)OC(=O)CCCCCCCCCCCCCCCCCCCCCCCCCCC. The van der Waals surface area contributed by atoms with Crippen LogP contribution in [0.3, 0.4) is 0 Å². The van der Waals surface area contributed by atoms with Crippen LogP contribution in [-0.4, -0.2) is 37.2 Å². The summed E-state index contributed by atoms with van der Waals surface area (Å²) in [6, 6.07) is 0. The molecule has 0 aliphatic carbocycles. The molecular weight excluding hydrogens is 1010 g/mol. The number of rotatable bonds is 68. The van der Waals surface area contributed by atoms with Gasteiger partial charge in [0.1, 0.15) is 13.2 Å². The van der Waals surface area contributed by atoms with Crippen molar-refractivity contribution in [1.82, 2.24) is 0 Å². The summed E-state index contributed by atoms with van der Waals surface area (Å²) < 4.78 is 17.0. The summed E-state index contributed by atoms with van der Waals surface area (Å²) in [5.74, 6) is -0.861. The van der Waals surface area contributed by atoms with Crippen LogP contribution in [0.2, 0.25) is 0 Å². The van der Waals surface area contributed by atoms with E-state index in [1.807, 2.05) is 0 Å². The maximum atomic E-state index is 13.0. The van der Waals surface area contributed by atoms with E-state index < -0.39 is 6.10 Å². The Balaban J connectivity index is 4.24. The third kappa shape index (κ3) is 68.2. The largest absolute Gasteiger partial charge is 0.462 e. The number of ether oxygens (including phenoxy) is 3. The van der Waals surface area contributed by atoms with Crippen molar-refractivity contribution < 1.29 is 28.6 Å². The molecule has 1 unspecified atom stereocenters. The summed E-state index contributed by atoms with van der Waals surface area (Å²) in [6.45, 7) is 6.65. The van der Waals surface area contributed by atoms with Gasteiger partial charge >= 0.3 is 17.9 Å². The quantitative estimate of drug-likeness (QED) is 0.0261. The lowest BCUT2D eigenvalue weighted by Gasteiger charge is -2.18. The average molecular weight is 1150 g/mol. The number of carbonyl (C=O) groups is 3. The molecule has 0 N–H and O–H groups in total. The van der Waals surface area contributed by atoms with Gasteiger partial charge in [0, 0.05) is 19.3 Å². The molecule has 480 valence electrons. The molecule has 0 aliphatic rings. The third-order valence-corrected chi connectivity index (χ3v) is 16.6. The first-order valence-electron chi connectivity index (χ1n) is 36.6. The molecule has 0 saturated carbocycles. The summed E-state index contributed by atoms with van der Waals surface area (Å²) in [7, 11) is 0. The summed E-state index contributed by atoms with van der Waals surface area (Å²) >= 11 is 0. The standard InChI is InChI=1S/C76H140O6/c1-4-7-10-13-16-19-22-25-28-30-32-34-36-38-40-42-44-46-48-51-54-57-60-63-66-69-75(78)81-72-73(71-80-74(77)68-65-62-59-56-53-50-27-24-21-18-15-12-9-6-3)82-76(79)70-67-64-61-58-55-52-49-47-45-43-41-39-37-35-33-31-29-26-23-20-17-14-11-8-5-2/h15,18,22,24-25,27,30,32,73H,4-14,16-17,19-21,23,26,28-29,31,33-72H2,1-3H3/b18-15-,25-22-,27-24-,32-30-. The van der Waals surface area contributed by atoms with Gasteiger partial charge in [0.25, 0.3) is 0 Å². The Morgan fingerprint density at radius 3 is 0.707 bits per heavy atom. The van der Waals surface area contributed by atoms with Crippen LogP contribution in [0.1, 0.15) is 400 Å². The van der Waals surface area contributed by atoms with E-state index in [1.165, 1.54) is 276 Å². The van der Waals surface area contributed by atoms with Crippen LogP contribution >= 0.6 is 0 Å². The van der Waals surface area contributed by atoms with Crippen molar-refractivity contribution in [2.24, 2.45) is 0 Å². The Kier molecular flexibility index (Phi) is 68.6. The molecule has 1 atom stereocenters. The second-order valence-corrected chi connectivity index (χ2v) is 24.9. The Bertz CT molecular complexity index is 1410. The fourth-order valence-electron chi connectivity index (χ4n) is 11.0. The molecule has 0 spiro atoms. The molecule has 0 radical (unpaired) electrons. The van der Waals surface area contributed by atoms with E-state index in [4.69, 9.17) is 14.2 Å². The number of hydrogen-bond donors (Lipinski definition) is 0. The van der Waals surface area contributed by atoms with Crippen molar-refractivity contribution in [3.05, 3.63) is 48.6 Å². The Hall–Kier alpha value is -2.63. The summed E-state index contributed by atoms with van der Waals surface area (Å²) in [4.78, 5) is 38.5. The van der Waals surface area contributed by atoms with Crippen LogP contribution < -0.4 is 0 Å². The van der Waals surface area contributed by atoms with Crippen LogP contribution in [-0.2, 0) is 28.6 Å². The van der Waals surface area contributed by atoms with Crippen molar-refractivity contribution in [2.45, 2.75) is 406 Å². The monoisotopic (exact) mass is 1150 g/mol. The number of unbranched alkanes of at least 4 members (excludes halogenated alkanes) is 49. The van der Waals surface area contributed by atoms with Gasteiger partial charge in [-0.1, -0.05) is 352 Å². The predicted octanol–water partition coefficient (Wildman–Crippen LogP) is 25.3. The van der Waals surface area contributed by atoms with Gasteiger partial charge in [-0.3, -0.25) is 14.4 Å². The normalized spacial score (nSPS) is 12.3. The smallest absolute Gasteiger partial charge is 0.306 e. The highest BCUT2D eigenvalue weighted by Crippen LogP contribution is 2.19. The zero-order chi connectivity index (χ0) is 59.2. The van der Waals surface area contributed by atoms with E-state index in [1.54, 1.807) is 0 Å². The first-order valence-corrected chi connectivity index (χ1v) is 36.6. The summed E-state index contributed by atoms with van der Waals surface area (Å²) in [6.07, 6.45) is 90.1. The molecule has 0 fully saturated rings. The summed E-state index contributed by atoms with van der Waals surface area (Å²) in [5.41, 5.74) is 0. The minimum absolute atomic E-state index is 0.0737. The first kappa shape index (κ1) is 79.4. The first-order chi connectivity index (χ1) is 40.5. The van der Waals surface area contributed by atoms with E-state index in [9.17, 15) is 14.4 Å². The fraction of sp³-hybridized carbons (Fsp3) is 0.855. The van der Waals surface area contributed by atoms with Crippen molar-refractivity contribution in [2.75, 3.05) is 13.2 Å². The average Bonchev–Trinajstić information content (AvgIpc) is 3.48. The zero-order valence-electron chi connectivity index (χ0n) is 55.3. The highest BCUT2D eigenvalue weighted by Gasteiger charge is 2.19. The molecule has 6 nitrogen and oxygen atoms in total. The number of allylic oxidation sites excluding steroid dienone is 8. The van der Waals surface area contributed by atoms with Gasteiger partial charge < -0.3 is 14.2 Å². The Labute approximate surface area is 511 Å². The van der Waals surface area contributed by atoms with Gasteiger partial charge in [-0.25, -0.2) is 0 Å². The topological polar surface area (TPSA) is 78.9 Å². The molecule has 0 aromatic heterocycles. The van der Waals surface area contributed by atoms with Crippen LogP contribution in [0, 0.1) is 0 Å². The Morgan fingerprint density at radius 1 is 0.244 bits per heavy atom. The van der Waals surface area contributed by atoms with Crippen molar-refractivity contribution in [3.8, 4) is 0 Å². The number of carbonyl (C=O) groups excluding carboxylic acids is 3. The molecule has 82 heavy (non-hydrogen) atoms. The van der Waals surface area contributed by atoms with Gasteiger partial charge in [0.05, 0.1) is 0 Å². The van der Waals surface area contributed by atoms with Gasteiger partial charge in [-0.2, -0.15) is 0 Å². The summed E-state index contributed by atoms with van der Waals surface area (Å²) in [5, 5.41) is 0. The molecule has 6 heteroatoms. The maximum absolute atomic E-state index is 13.0. The van der Waals surface area contributed by atoms with Crippen LogP contribution in [0.4, 0.5) is 0 Å². The second-order valence-electron chi connectivity index (χ2n) is 24.9. The minimum atomic E-state index is -0.779. The highest BCUT2D eigenvalue weighted by atomic mass is 16.6. The third-order valence-electron chi connectivity index (χ3n) is 16.6. The number of hydrogen-bond acceptors (Lipinski definition) is 6. The lowest BCUT2D eigenvalue weighted by molar-refractivity contribution is -0.167. The Morgan fingerprint density at radius 2 is 0.451 bits per heavy atom. The van der Waals surface area contributed by atoms with E-state index in [2.05, 4.69) is 69.4 Å². The zero-order valence-corrected chi connectivity index (χ0v) is 55.3. The molecule has 0 heterocycles. The molecule has 0 aliphatic heterocycles. The molecule has 0 amide bonds. The molecule has 0 aromatic carbocycles. The van der Waals surface area contributed by atoms with Gasteiger partial charge in [0.2, 0.25) is 0 Å². The van der Waals surface area contributed by atoms with E-state index in [0.29, 0.717) is 19.3 Å². The van der Waals surface area contributed by atoms with Crippen LogP contribution in [0.25, 0.3) is 0 Å². The fourth-order valence-corrected chi connectivity index (χ4v) is 11.0. The molecule has 0 bridgehead atoms. The molecular formula is C76H140O6. The lowest BCUT2D eigenvalue weighted by atomic mass is 10.0. The van der Waals surface area contributed by atoms with E-state index in [-0.39, 0.29) is 31.1 Å². The molecule has 0 saturated heterocycles. The van der Waals surface area contributed by atoms with Gasteiger partial charge in [-0.05, 0) is 77.0 Å². The van der Waals surface area contributed by atoms with E-state index >= 15 is 0 Å². The van der Waals surface area contributed by atoms with Gasteiger partial charge in [0.15, 0.2) is 6.10 Å². The predicted molar refractivity (Wildman–Crippen MR) is 358 cm³/mol. The van der Waals surface area contributed by atoms with Crippen LogP contribution in [0.15, 0.2) is 48.6 Å². The van der Waals surface area contributed by atoms with Crippen LogP contribution in [0.5, 0.6) is 0 Å². The second kappa shape index (κ2) is 70.9. The molecule has 0 aromatic rings. The molecule has 0 rings (SSSR count). The van der Waals surface area contributed by atoms with Crippen molar-refractivity contribution >= 4 is 17.9 Å². The van der Waals surface area contributed by atoms with Gasteiger partial charge in [-0.15, -0.1) is 0 Å². The highest BCUT2D eigenvalue weighted by molar-refractivity contribution is 5.71. The van der Waals surface area contributed by atoms with Crippen molar-refractivity contribution in [3.63, 3.8) is 0 Å². The minimum Gasteiger partial charge on any atom is -0.462 e. The maximum Gasteiger partial charge on any atom is 0.306 e. The number of esters is 3. The lowest BCUT2D eigenvalue weighted by Crippen LogP contribution is -2.30.